The van der Waals surface area contributed by atoms with Gasteiger partial charge >= 0.3 is 0 Å². The van der Waals surface area contributed by atoms with Gasteiger partial charge in [-0.2, -0.15) is 0 Å². The molecule has 0 spiro atoms. The molecule has 52 valence electrons. The van der Waals surface area contributed by atoms with Gasteiger partial charge in [-0.05, 0) is 18.9 Å². The van der Waals surface area contributed by atoms with Crippen molar-refractivity contribution in [3.05, 3.63) is 24.0 Å². The van der Waals surface area contributed by atoms with Crippen LogP contribution in [0.15, 0.2) is 24.0 Å². The van der Waals surface area contributed by atoms with Crippen LogP contribution in [0, 0.1) is 5.92 Å². The van der Waals surface area contributed by atoms with Crippen LogP contribution in [-0.4, -0.2) is 5.11 Å². The lowest BCUT2D eigenvalue weighted by Gasteiger charge is -1.89. The molecule has 0 amide bonds. The first kappa shape index (κ1) is 8.28. The number of hydrogen-bond donors (Lipinski definition) is 1. The van der Waals surface area contributed by atoms with Gasteiger partial charge in [0.15, 0.2) is 0 Å². The van der Waals surface area contributed by atoms with Crippen molar-refractivity contribution in [2.75, 3.05) is 0 Å². The summed E-state index contributed by atoms with van der Waals surface area (Å²) >= 11 is 0. The summed E-state index contributed by atoms with van der Waals surface area (Å²) in [6.45, 7) is 5.85. The van der Waals surface area contributed by atoms with Gasteiger partial charge in [-0.1, -0.05) is 26.0 Å². The summed E-state index contributed by atoms with van der Waals surface area (Å²) in [5.74, 6) is 0.910. The van der Waals surface area contributed by atoms with Gasteiger partial charge in [0.2, 0.25) is 0 Å². The fraction of sp³-hybridized carbons (Fsp3) is 0.500. The van der Waals surface area contributed by atoms with E-state index in [2.05, 4.69) is 13.8 Å². The second kappa shape index (κ2) is 4.19. The van der Waals surface area contributed by atoms with Crippen LogP contribution >= 0.6 is 0 Å². The van der Waals surface area contributed by atoms with Crippen molar-refractivity contribution in [2.24, 2.45) is 5.92 Å². The first-order chi connectivity index (χ1) is 4.13. The SMILES string of the molecule is C/C(O)=C\C=C/C(C)C. The summed E-state index contributed by atoms with van der Waals surface area (Å²) in [5, 5.41) is 8.68. The van der Waals surface area contributed by atoms with E-state index >= 15 is 0 Å². The molecule has 0 heterocycles. The maximum atomic E-state index is 8.68. The predicted molar refractivity (Wildman–Crippen MR) is 40.4 cm³/mol. The third-order valence-corrected chi connectivity index (χ3v) is 0.833. The largest absolute Gasteiger partial charge is 0.513 e. The molecule has 0 unspecified atom stereocenters. The van der Waals surface area contributed by atoms with Crippen LogP contribution in [0.5, 0.6) is 0 Å². The van der Waals surface area contributed by atoms with Crippen LogP contribution in [0.25, 0.3) is 0 Å². The highest BCUT2D eigenvalue weighted by Crippen LogP contribution is 1.94. The monoisotopic (exact) mass is 126 g/mol. The summed E-state index contributed by atoms with van der Waals surface area (Å²) in [5.41, 5.74) is 0. The molecule has 0 atom stereocenters. The maximum absolute atomic E-state index is 8.68. The van der Waals surface area contributed by atoms with E-state index < -0.39 is 0 Å². The highest BCUT2D eigenvalue weighted by atomic mass is 16.3. The molecule has 0 aromatic carbocycles. The zero-order chi connectivity index (χ0) is 7.28. The number of allylic oxidation sites excluding steroid dienone is 4. The van der Waals surface area contributed by atoms with E-state index in [1.165, 1.54) is 0 Å². The van der Waals surface area contributed by atoms with Crippen molar-refractivity contribution in [3.63, 3.8) is 0 Å². The van der Waals surface area contributed by atoms with Crippen LogP contribution < -0.4 is 0 Å². The van der Waals surface area contributed by atoms with Crippen LogP contribution in [-0.2, 0) is 0 Å². The average Bonchev–Trinajstić information content (AvgIpc) is 1.63. The molecular formula is C8H14O. The topological polar surface area (TPSA) is 20.2 Å². The molecule has 0 bridgehead atoms. The molecule has 1 heteroatoms. The summed E-state index contributed by atoms with van der Waals surface area (Å²) in [4.78, 5) is 0. The van der Waals surface area contributed by atoms with Gasteiger partial charge in [-0.25, -0.2) is 0 Å². The second-order valence-corrected chi connectivity index (χ2v) is 2.44. The Balaban J connectivity index is 3.60. The molecule has 0 aromatic rings. The lowest BCUT2D eigenvalue weighted by atomic mass is 10.2. The fourth-order valence-electron chi connectivity index (χ4n) is 0.417. The Morgan fingerprint density at radius 3 is 2.33 bits per heavy atom. The Morgan fingerprint density at radius 1 is 1.44 bits per heavy atom. The molecule has 0 saturated heterocycles. The number of hydrogen-bond acceptors (Lipinski definition) is 1. The highest BCUT2D eigenvalue weighted by molar-refractivity contribution is 5.05. The zero-order valence-corrected chi connectivity index (χ0v) is 6.26. The minimum atomic E-state index is 0.354. The molecule has 0 saturated carbocycles. The van der Waals surface area contributed by atoms with E-state index in [9.17, 15) is 0 Å². The van der Waals surface area contributed by atoms with E-state index in [1.54, 1.807) is 13.0 Å². The molecule has 0 aliphatic rings. The number of aliphatic hydroxyl groups is 1. The van der Waals surface area contributed by atoms with E-state index in [0.29, 0.717) is 11.7 Å². The molecule has 0 aliphatic carbocycles. The molecule has 0 aromatic heterocycles. The second-order valence-electron chi connectivity index (χ2n) is 2.44. The van der Waals surface area contributed by atoms with E-state index in [1.807, 2.05) is 12.2 Å². The summed E-state index contributed by atoms with van der Waals surface area (Å²) < 4.78 is 0. The van der Waals surface area contributed by atoms with Crippen molar-refractivity contribution in [3.8, 4) is 0 Å². The standard InChI is InChI=1S/C8H14O/c1-7(2)5-4-6-8(3)9/h4-7,9H,1-3H3/b5-4-,8-6+. The van der Waals surface area contributed by atoms with Gasteiger partial charge in [0.25, 0.3) is 0 Å². The van der Waals surface area contributed by atoms with Crippen molar-refractivity contribution < 1.29 is 5.11 Å². The first-order valence-electron chi connectivity index (χ1n) is 3.17. The average molecular weight is 126 g/mol. The molecular weight excluding hydrogens is 112 g/mol. The van der Waals surface area contributed by atoms with Gasteiger partial charge in [0.05, 0.1) is 5.76 Å². The minimum Gasteiger partial charge on any atom is -0.513 e. The first-order valence-corrected chi connectivity index (χ1v) is 3.17. The summed E-state index contributed by atoms with van der Waals surface area (Å²) in [6, 6.07) is 0. The van der Waals surface area contributed by atoms with E-state index in [4.69, 9.17) is 5.11 Å². The maximum Gasteiger partial charge on any atom is 0.0891 e. The van der Waals surface area contributed by atoms with Crippen LogP contribution in [0.4, 0.5) is 0 Å². The van der Waals surface area contributed by atoms with Gasteiger partial charge in [-0.3, -0.25) is 0 Å². The summed E-state index contributed by atoms with van der Waals surface area (Å²) in [6.07, 6.45) is 5.57. The molecule has 0 radical (unpaired) electrons. The lowest BCUT2D eigenvalue weighted by Crippen LogP contribution is -1.75. The highest BCUT2D eigenvalue weighted by Gasteiger charge is 1.80. The third kappa shape index (κ3) is 7.28. The lowest BCUT2D eigenvalue weighted by molar-refractivity contribution is 0.414. The van der Waals surface area contributed by atoms with Crippen molar-refractivity contribution in [1.29, 1.82) is 0 Å². The Morgan fingerprint density at radius 2 is 2.00 bits per heavy atom. The minimum absolute atomic E-state index is 0.354. The van der Waals surface area contributed by atoms with Crippen molar-refractivity contribution >= 4 is 0 Å². The Bertz CT molecular complexity index is 117. The molecule has 0 aliphatic heterocycles. The Hall–Kier alpha value is -0.720. The molecule has 1 N–H and O–H groups in total. The zero-order valence-electron chi connectivity index (χ0n) is 6.26. The smallest absolute Gasteiger partial charge is 0.0891 e. The normalized spacial score (nSPS) is 13.6. The molecule has 0 rings (SSSR count). The number of rotatable bonds is 2. The molecule has 9 heavy (non-hydrogen) atoms. The van der Waals surface area contributed by atoms with Gasteiger partial charge < -0.3 is 5.11 Å². The Kier molecular flexibility index (Phi) is 3.85. The van der Waals surface area contributed by atoms with Crippen LogP contribution in [0.1, 0.15) is 20.8 Å². The van der Waals surface area contributed by atoms with Crippen LogP contribution in [0.2, 0.25) is 0 Å². The van der Waals surface area contributed by atoms with E-state index in [-0.39, 0.29) is 0 Å². The quantitative estimate of drug-likeness (QED) is 0.445. The van der Waals surface area contributed by atoms with Gasteiger partial charge in [0, 0.05) is 0 Å². The fourth-order valence-corrected chi connectivity index (χ4v) is 0.417. The number of aliphatic hydroxyl groups excluding tert-OH is 1. The van der Waals surface area contributed by atoms with Crippen molar-refractivity contribution in [1.82, 2.24) is 0 Å². The van der Waals surface area contributed by atoms with E-state index in [0.717, 1.165) is 0 Å². The van der Waals surface area contributed by atoms with Crippen molar-refractivity contribution in [2.45, 2.75) is 20.8 Å². The van der Waals surface area contributed by atoms with Crippen LogP contribution in [0.3, 0.4) is 0 Å². The Labute approximate surface area is 56.7 Å². The molecule has 1 nitrogen and oxygen atoms in total. The molecule has 0 fully saturated rings. The van der Waals surface area contributed by atoms with Gasteiger partial charge in [-0.15, -0.1) is 0 Å². The third-order valence-electron chi connectivity index (χ3n) is 0.833. The van der Waals surface area contributed by atoms with Gasteiger partial charge in [0.1, 0.15) is 0 Å². The summed E-state index contributed by atoms with van der Waals surface area (Å²) in [7, 11) is 0. The predicted octanol–water partition coefficient (Wildman–Crippen LogP) is 2.66.